The van der Waals surface area contributed by atoms with Crippen molar-refractivity contribution in [1.29, 1.82) is 0 Å². The number of carbonyl (C=O) groups excluding carboxylic acids is 1. The van der Waals surface area contributed by atoms with E-state index in [4.69, 9.17) is 11.6 Å². The van der Waals surface area contributed by atoms with E-state index in [1.54, 1.807) is 31.2 Å². The number of rotatable bonds is 4. The van der Waals surface area contributed by atoms with Crippen LogP contribution in [-0.2, 0) is 16.1 Å². The van der Waals surface area contributed by atoms with Crippen LogP contribution in [0.5, 0.6) is 0 Å². The van der Waals surface area contributed by atoms with Crippen molar-refractivity contribution in [3.05, 3.63) is 29.3 Å². The molecule has 1 N–H and O–H groups in total. The van der Waals surface area contributed by atoms with Crippen LogP contribution in [0.3, 0.4) is 0 Å². The highest BCUT2D eigenvalue weighted by Crippen LogP contribution is 2.30. The molecule has 0 radical (unpaired) electrons. The summed E-state index contributed by atoms with van der Waals surface area (Å²) in [4.78, 5) is 26.3. The van der Waals surface area contributed by atoms with Crippen LogP contribution in [-0.4, -0.2) is 55.2 Å². The van der Waals surface area contributed by atoms with E-state index in [0.29, 0.717) is 23.8 Å². The van der Waals surface area contributed by atoms with E-state index >= 15 is 0 Å². The molecule has 1 aliphatic heterocycles. The Labute approximate surface area is 143 Å². The monoisotopic (exact) mass is 349 g/mol. The Hall–Kier alpha value is -2.48. The smallest absolute Gasteiger partial charge is 0.311 e. The van der Waals surface area contributed by atoms with Crippen LogP contribution in [0, 0.1) is 5.41 Å². The molecule has 0 aliphatic carbocycles. The molecule has 1 aliphatic rings. The average molecular weight is 350 g/mol. The van der Waals surface area contributed by atoms with E-state index in [1.165, 1.54) is 9.70 Å². The van der Waals surface area contributed by atoms with E-state index in [9.17, 15) is 14.7 Å². The number of benzene rings is 1. The first-order chi connectivity index (χ1) is 11.4. The van der Waals surface area contributed by atoms with Crippen LogP contribution in [0.25, 0.3) is 11.4 Å². The van der Waals surface area contributed by atoms with Gasteiger partial charge in [0.05, 0.1) is 5.41 Å². The maximum atomic E-state index is 12.3. The fourth-order valence-corrected chi connectivity index (χ4v) is 2.72. The van der Waals surface area contributed by atoms with Crippen molar-refractivity contribution in [3.63, 3.8) is 0 Å². The van der Waals surface area contributed by atoms with E-state index in [0.717, 1.165) is 5.56 Å². The van der Waals surface area contributed by atoms with Crippen LogP contribution < -0.4 is 0 Å². The second-order valence-corrected chi connectivity index (χ2v) is 6.52. The fraction of sp³-hybridized carbons (Fsp3) is 0.400. The van der Waals surface area contributed by atoms with Crippen molar-refractivity contribution in [2.45, 2.75) is 19.9 Å². The van der Waals surface area contributed by atoms with Gasteiger partial charge in [0, 0.05) is 23.7 Å². The Morgan fingerprint density at radius 3 is 2.67 bits per heavy atom. The number of carboxylic acid groups (broad SMARTS) is 1. The zero-order valence-corrected chi connectivity index (χ0v) is 13.8. The molecular formula is C15H16ClN5O3. The van der Waals surface area contributed by atoms with E-state index in [-0.39, 0.29) is 19.0 Å². The second kappa shape index (κ2) is 6.20. The lowest BCUT2D eigenvalue weighted by atomic mass is 9.90. The first-order valence-electron chi connectivity index (χ1n) is 7.42. The lowest BCUT2D eigenvalue weighted by molar-refractivity contribution is -0.147. The van der Waals surface area contributed by atoms with Crippen LogP contribution in [0.1, 0.15) is 13.3 Å². The molecule has 1 unspecified atom stereocenters. The summed E-state index contributed by atoms with van der Waals surface area (Å²) in [5.74, 6) is -0.710. The van der Waals surface area contributed by atoms with Crippen molar-refractivity contribution in [1.82, 2.24) is 25.1 Å². The molecule has 0 saturated carbocycles. The molecular weight excluding hydrogens is 334 g/mol. The number of tetrazole rings is 1. The summed E-state index contributed by atoms with van der Waals surface area (Å²) in [6, 6.07) is 6.98. The SMILES string of the molecule is CC1(C(=O)O)CCN(C(=O)Cn2nnc(-c3ccc(Cl)cc3)n2)C1. The minimum absolute atomic E-state index is 0.0731. The number of aliphatic carboxylic acids is 1. The van der Waals surface area contributed by atoms with Gasteiger partial charge in [-0.3, -0.25) is 9.59 Å². The third-order valence-corrected chi connectivity index (χ3v) is 4.43. The molecule has 0 spiro atoms. The summed E-state index contributed by atoms with van der Waals surface area (Å²) in [6.45, 7) is 2.19. The number of hydrogen-bond acceptors (Lipinski definition) is 5. The molecule has 1 fully saturated rings. The molecule has 1 atom stereocenters. The van der Waals surface area contributed by atoms with Gasteiger partial charge in [-0.15, -0.1) is 10.2 Å². The Morgan fingerprint density at radius 2 is 2.04 bits per heavy atom. The number of likely N-dealkylation sites (tertiary alicyclic amines) is 1. The van der Waals surface area contributed by atoms with Gasteiger partial charge >= 0.3 is 5.97 Å². The number of amides is 1. The largest absolute Gasteiger partial charge is 0.481 e. The summed E-state index contributed by atoms with van der Waals surface area (Å²) in [5.41, 5.74) is -0.141. The molecule has 126 valence electrons. The van der Waals surface area contributed by atoms with Gasteiger partial charge in [0.15, 0.2) is 0 Å². The maximum Gasteiger partial charge on any atom is 0.311 e. The topological polar surface area (TPSA) is 101 Å². The van der Waals surface area contributed by atoms with Gasteiger partial charge in [-0.25, -0.2) is 0 Å². The predicted octanol–water partition coefficient (Wildman–Crippen LogP) is 1.32. The zero-order valence-electron chi connectivity index (χ0n) is 13.0. The summed E-state index contributed by atoms with van der Waals surface area (Å²) in [5, 5.41) is 21.8. The van der Waals surface area contributed by atoms with E-state index in [2.05, 4.69) is 15.4 Å². The van der Waals surface area contributed by atoms with Gasteiger partial charge in [0.2, 0.25) is 11.7 Å². The molecule has 9 heteroatoms. The molecule has 3 rings (SSSR count). The summed E-state index contributed by atoms with van der Waals surface area (Å²) in [7, 11) is 0. The quantitative estimate of drug-likeness (QED) is 0.893. The molecule has 1 aromatic heterocycles. The number of nitrogens with zero attached hydrogens (tertiary/aromatic N) is 5. The predicted molar refractivity (Wildman–Crippen MR) is 85.2 cm³/mol. The van der Waals surface area contributed by atoms with Gasteiger partial charge in [-0.2, -0.15) is 4.80 Å². The van der Waals surface area contributed by atoms with Crippen molar-refractivity contribution in [3.8, 4) is 11.4 Å². The van der Waals surface area contributed by atoms with Crippen molar-refractivity contribution in [2.24, 2.45) is 5.41 Å². The summed E-state index contributed by atoms with van der Waals surface area (Å²) >= 11 is 5.84. The number of carbonyl (C=O) groups is 2. The normalized spacial score (nSPS) is 20.3. The molecule has 24 heavy (non-hydrogen) atoms. The van der Waals surface area contributed by atoms with Gasteiger partial charge in [-0.05, 0) is 42.8 Å². The maximum absolute atomic E-state index is 12.3. The number of aromatic nitrogens is 4. The van der Waals surface area contributed by atoms with Crippen LogP contribution in [0.15, 0.2) is 24.3 Å². The zero-order chi connectivity index (χ0) is 17.3. The van der Waals surface area contributed by atoms with Gasteiger partial charge in [0.1, 0.15) is 6.54 Å². The molecule has 8 nitrogen and oxygen atoms in total. The minimum atomic E-state index is -0.889. The third kappa shape index (κ3) is 3.23. The second-order valence-electron chi connectivity index (χ2n) is 6.08. The van der Waals surface area contributed by atoms with Crippen molar-refractivity contribution in [2.75, 3.05) is 13.1 Å². The molecule has 2 aromatic rings. The van der Waals surface area contributed by atoms with E-state index < -0.39 is 11.4 Å². The van der Waals surface area contributed by atoms with Crippen LogP contribution in [0.4, 0.5) is 0 Å². The molecule has 2 heterocycles. The highest BCUT2D eigenvalue weighted by molar-refractivity contribution is 6.30. The van der Waals surface area contributed by atoms with Crippen molar-refractivity contribution >= 4 is 23.5 Å². The number of carboxylic acids is 1. The lowest BCUT2D eigenvalue weighted by Crippen LogP contribution is -2.36. The average Bonchev–Trinajstić information content (AvgIpc) is 3.16. The van der Waals surface area contributed by atoms with Gasteiger partial charge in [-0.1, -0.05) is 11.6 Å². The fourth-order valence-electron chi connectivity index (χ4n) is 2.59. The Balaban J connectivity index is 1.66. The minimum Gasteiger partial charge on any atom is -0.481 e. The number of hydrogen-bond donors (Lipinski definition) is 1. The lowest BCUT2D eigenvalue weighted by Gasteiger charge is -2.19. The standard InChI is InChI=1S/C15H16ClN5O3/c1-15(14(23)24)6-7-20(9-15)12(22)8-21-18-13(17-19-21)10-2-4-11(16)5-3-10/h2-5H,6-9H2,1H3,(H,23,24). The third-order valence-electron chi connectivity index (χ3n) is 4.17. The Bertz CT molecular complexity index is 776. The molecule has 1 saturated heterocycles. The van der Waals surface area contributed by atoms with Gasteiger partial charge < -0.3 is 10.0 Å². The Morgan fingerprint density at radius 1 is 1.33 bits per heavy atom. The molecule has 1 aromatic carbocycles. The first-order valence-corrected chi connectivity index (χ1v) is 7.80. The van der Waals surface area contributed by atoms with Gasteiger partial charge in [0.25, 0.3) is 0 Å². The highest BCUT2D eigenvalue weighted by Gasteiger charge is 2.42. The highest BCUT2D eigenvalue weighted by atomic mass is 35.5. The Kier molecular flexibility index (Phi) is 4.23. The van der Waals surface area contributed by atoms with Crippen molar-refractivity contribution < 1.29 is 14.7 Å². The molecule has 0 bridgehead atoms. The van der Waals surface area contributed by atoms with Crippen LogP contribution >= 0.6 is 11.6 Å². The first kappa shape index (κ1) is 16.4. The number of halogens is 1. The summed E-state index contributed by atoms with van der Waals surface area (Å²) < 4.78 is 0. The van der Waals surface area contributed by atoms with E-state index in [1.807, 2.05) is 0 Å². The summed E-state index contributed by atoms with van der Waals surface area (Å²) in [6.07, 6.45) is 0.439. The van der Waals surface area contributed by atoms with Crippen LogP contribution in [0.2, 0.25) is 5.02 Å². The molecule has 1 amide bonds.